The minimum absolute atomic E-state index is 0.204. The summed E-state index contributed by atoms with van der Waals surface area (Å²) in [6, 6.07) is 0. The quantitative estimate of drug-likeness (QED) is 0.452. The van der Waals surface area contributed by atoms with Crippen LogP contribution in [0.2, 0.25) is 0 Å². The summed E-state index contributed by atoms with van der Waals surface area (Å²) in [7, 11) is 0. The molecule has 0 aromatic heterocycles. The zero-order valence-corrected chi connectivity index (χ0v) is 5.19. The van der Waals surface area contributed by atoms with Gasteiger partial charge in [0.25, 0.3) is 0 Å². The van der Waals surface area contributed by atoms with Crippen LogP contribution >= 0.6 is 15.9 Å². The summed E-state index contributed by atoms with van der Waals surface area (Å²) in [5.41, 5.74) is 0. The van der Waals surface area contributed by atoms with Crippen molar-refractivity contribution in [1.29, 1.82) is 0 Å². The Morgan fingerprint density at radius 3 is 2.43 bits per heavy atom. The molecule has 0 saturated carbocycles. The van der Waals surface area contributed by atoms with Crippen molar-refractivity contribution in [3.05, 3.63) is 0 Å². The lowest BCUT2D eigenvalue weighted by Gasteiger charge is -1.90. The molecule has 0 aliphatic rings. The Labute approximate surface area is 49.8 Å². The normalized spacial score (nSPS) is 8.29. The van der Waals surface area contributed by atoms with E-state index in [-0.39, 0.29) is 11.2 Å². The molecule has 0 spiro atoms. The van der Waals surface area contributed by atoms with Gasteiger partial charge in [-0.1, -0.05) is 15.9 Å². The lowest BCUT2D eigenvalue weighted by molar-refractivity contribution is -0.120. The summed E-state index contributed by atoms with van der Waals surface area (Å²) in [4.78, 5) is 10.1. The van der Waals surface area contributed by atoms with E-state index in [0.29, 0.717) is 0 Å². The monoisotopic (exact) mass is 166 g/mol. The summed E-state index contributed by atoms with van der Waals surface area (Å²) in [6.45, 7) is -0.537. The van der Waals surface area contributed by atoms with Crippen LogP contribution in [0.5, 0.6) is 0 Å². The van der Waals surface area contributed by atoms with E-state index < -0.39 is 6.73 Å². The number of carbonyl (C=O) groups excluding carboxylic acids is 1. The van der Waals surface area contributed by atoms with Crippen LogP contribution in [0.4, 0.5) is 0 Å². The molecule has 0 aromatic carbocycles. The molecule has 0 heterocycles. The van der Waals surface area contributed by atoms with E-state index in [1.54, 1.807) is 0 Å². The molecule has 0 aliphatic heterocycles. The first-order valence-corrected chi connectivity index (χ1v) is 2.84. The molecule has 0 atom stereocenters. The molecule has 1 N–H and O–H groups in total. The third-order valence-electron chi connectivity index (χ3n) is 0.391. The van der Waals surface area contributed by atoms with Crippen molar-refractivity contribution in [2.24, 2.45) is 0 Å². The van der Waals surface area contributed by atoms with Crippen LogP contribution in [0, 0.1) is 0 Å². The standard InChI is InChI=1S/C3H5BrNO2/c4-1-3(7)5-2-6/h1-2H2,(H,5,7). The second kappa shape index (κ2) is 4.08. The first kappa shape index (κ1) is 6.91. The van der Waals surface area contributed by atoms with Crippen molar-refractivity contribution >= 4 is 21.8 Å². The predicted octanol–water partition coefficient (Wildman–Crippen LogP) is -0.115. The summed E-state index contributed by atoms with van der Waals surface area (Å²) >= 11 is 2.86. The van der Waals surface area contributed by atoms with Gasteiger partial charge < -0.3 is 5.32 Å². The van der Waals surface area contributed by atoms with Crippen molar-refractivity contribution in [3.63, 3.8) is 0 Å². The minimum atomic E-state index is -0.537. The van der Waals surface area contributed by atoms with Gasteiger partial charge in [-0.15, -0.1) is 0 Å². The summed E-state index contributed by atoms with van der Waals surface area (Å²) in [5.74, 6) is -0.269. The molecule has 4 heteroatoms. The summed E-state index contributed by atoms with van der Waals surface area (Å²) in [5, 5.41) is 11.8. The van der Waals surface area contributed by atoms with E-state index in [9.17, 15) is 9.90 Å². The van der Waals surface area contributed by atoms with Gasteiger partial charge in [0, 0.05) is 0 Å². The van der Waals surface area contributed by atoms with Gasteiger partial charge in [0.1, 0.15) is 0 Å². The van der Waals surface area contributed by atoms with Crippen molar-refractivity contribution in [2.45, 2.75) is 0 Å². The van der Waals surface area contributed by atoms with E-state index in [4.69, 9.17) is 0 Å². The number of amides is 1. The van der Waals surface area contributed by atoms with Crippen LogP contribution in [-0.4, -0.2) is 18.0 Å². The molecule has 0 aromatic rings. The van der Waals surface area contributed by atoms with Crippen molar-refractivity contribution in [2.75, 3.05) is 12.1 Å². The predicted molar refractivity (Wildman–Crippen MR) is 27.5 cm³/mol. The van der Waals surface area contributed by atoms with Gasteiger partial charge in [0.05, 0.1) is 5.33 Å². The molecule has 0 saturated heterocycles. The zero-order chi connectivity index (χ0) is 5.70. The highest BCUT2D eigenvalue weighted by molar-refractivity contribution is 9.09. The van der Waals surface area contributed by atoms with E-state index in [0.717, 1.165) is 0 Å². The van der Waals surface area contributed by atoms with Gasteiger partial charge in [0.15, 0.2) is 6.73 Å². The van der Waals surface area contributed by atoms with Gasteiger partial charge in [-0.05, 0) is 0 Å². The maximum Gasteiger partial charge on any atom is 0.232 e. The number of hydrogen-bond donors (Lipinski definition) is 1. The number of nitrogens with one attached hydrogen (secondary N) is 1. The van der Waals surface area contributed by atoms with Crippen LogP contribution < -0.4 is 5.32 Å². The number of alkyl halides is 1. The fourth-order valence-corrected chi connectivity index (χ4v) is 0.326. The molecule has 1 radical (unpaired) electrons. The van der Waals surface area contributed by atoms with E-state index in [1.165, 1.54) is 0 Å². The molecule has 0 unspecified atom stereocenters. The zero-order valence-electron chi connectivity index (χ0n) is 3.61. The number of halogens is 1. The van der Waals surface area contributed by atoms with Gasteiger partial charge in [-0.25, -0.2) is 5.11 Å². The fourth-order valence-electron chi connectivity index (χ4n) is 0.128. The van der Waals surface area contributed by atoms with Crippen LogP contribution in [0.3, 0.4) is 0 Å². The van der Waals surface area contributed by atoms with Crippen LogP contribution in [0.15, 0.2) is 0 Å². The molecule has 0 fully saturated rings. The SMILES string of the molecule is [O]CNC(=O)CBr. The van der Waals surface area contributed by atoms with Crippen molar-refractivity contribution in [1.82, 2.24) is 5.32 Å². The molecular formula is C3H5BrNO2. The second-order valence-corrected chi connectivity index (χ2v) is 1.44. The smallest absolute Gasteiger partial charge is 0.232 e. The van der Waals surface area contributed by atoms with Gasteiger partial charge in [-0.2, -0.15) is 0 Å². The molecule has 0 aliphatic carbocycles. The molecule has 1 amide bonds. The van der Waals surface area contributed by atoms with Crippen LogP contribution in [0.25, 0.3) is 0 Å². The van der Waals surface area contributed by atoms with Crippen LogP contribution in [-0.2, 0) is 9.90 Å². The third kappa shape index (κ3) is 3.75. The Balaban J connectivity index is 3.00. The average molecular weight is 167 g/mol. The minimum Gasteiger partial charge on any atom is -0.330 e. The first-order chi connectivity index (χ1) is 3.31. The Morgan fingerprint density at radius 1 is 1.71 bits per heavy atom. The molecule has 0 rings (SSSR count). The molecule has 41 valence electrons. The van der Waals surface area contributed by atoms with E-state index in [1.807, 2.05) is 0 Å². The maximum absolute atomic E-state index is 10.1. The highest BCUT2D eigenvalue weighted by Crippen LogP contribution is 1.75. The lowest BCUT2D eigenvalue weighted by atomic mass is 10.7. The first-order valence-electron chi connectivity index (χ1n) is 1.72. The van der Waals surface area contributed by atoms with Crippen LogP contribution in [0.1, 0.15) is 0 Å². The number of rotatable bonds is 2. The Bertz CT molecular complexity index is 66.0. The summed E-state index contributed by atoms with van der Waals surface area (Å²) in [6.07, 6.45) is 0. The van der Waals surface area contributed by atoms with Crippen molar-refractivity contribution < 1.29 is 9.90 Å². The molecule has 0 bridgehead atoms. The Morgan fingerprint density at radius 2 is 2.29 bits per heavy atom. The summed E-state index contributed by atoms with van der Waals surface area (Å²) < 4.78 is 0. The Kier molecular flexibility index (Phi) is 4.03. The third-order valence-corrected chi connectivity index (χ3v) is 0.900. The van der Waals surface area contributed by atoms with Gasteiger partial charge in [-0.3, -0.25) is 4.79 Å². The number of hydrogen-bond acceptors (Lipinski definition) is 1. The van der Waals surface area contributed by atoms with E-state index in [2.05, 4.69) is 21.2 Å². The molecule has 7 heavy (non-hydrogen) atoms. The maximum atomic E-state index is 10.1. The fraction of sp³-hybridized carbons (Fsp3) is 0.667. The number of carbonyl (C=O) groups is 1. The van der Waals surface area contributed by atoms with Gasteiger partial charge in [0.2, 0.25) is 5.91 Å². The topological polar surface area (TPSA) is 49.0 Å². The lowest BCUT2D eigenvalue weighted by Crippen LogP contribution is -2.23. The largest absolute Gasteiger partial charge is 0.330 e. The molecule has 3 nitrogen and oxygen atoms in total. The van der Waals surface area contributed by atoms with Gasteiger partial charge >= 0.3 is 0 Å². The van der Waals surface area contributed by atoms with E-state index >= 15 is 0 Å². The highest BCUT2D eigenvalue weighted by Gasteiger charge is 1.91. The van der Waals surface area contributed by atoms with Crippen molar-refractivity contribution in [3.8, 4) is 0 Å². The highest BCUT2D eigenvalue weighted by atomic mass is 79.9. The average Bonchev–Trinajstić information content (AvgIpc) is 1.68. The second-order valence-electron chi connectivity index (χ2n) is 0.878. The Hall–Kier alpha value is -0.0900. The molecular weight excluding hydrogens is 162 g/mol.